The van der Waals surface area contributed by atoms with E-state index in [1.54, 1.807) is 0 Å². The molecule has 20 heavy (non-hydrogen) atoms. The molecule has 1 aliphatic heterocycles. The Morgan fingerprint density at radius 2 is 1.95 bits per heavy atom. The monoisotopic (exact) mass is 329 g/mol. The first-order valence-corrected chi connectivity index (χ1v) is 7.50. The summed E-state index contributed by atoms with van der Waals surface area (Å²) in [5.74, 6) is -0.360. The Kier molecular flexibility index (Phi) is 3.83. The Hall–Kier alpha value is -1.48. The van der Waals surface area contributed by atoms with E-state index in [0.717, 1.165) is 12.1 Å². The number of rotatable bonds is 2. The molecule has 0 saturated heterocycles. The van der Waals surface area contributed by atoms with Crippen LogP contribution in [0.15, 0.2) is 28.3 Å². The molecule has 1 aromatic carbocycles. The second-order valence-electron chi connectivity index (χ2n) is 3.70. The molecule has 0 bridgehead atoms. The third-order valence-corrected chi connectivity index (χ3v) is 3.75. The highest BCUT2D eigenvalue weighted by molar-refractivity contribution is 8.13. The zero-order chi connectivity index (χ0) is 15.0. The van der Waals surface area contributed by atoms with Gasteiger partial charge in [-0.05, 0) is 17.3 Å². The van der Waals surface area contributed by atoms with Gasteiger partial charge >= 0.3 is 6.18 Å². The van der Waals surface area contributed by atoms with Gasteiger partial charge in [-0.1, -0.05) is 6.07 Å². The topological polar surface area (TPSA) is 65.0 Å². The maximum atomic E-state index is 12.9. The number of benzene rings is 1. The fourth-order valence-electron chi connectivity index (χ4n) is 1.62. The summed E-state index contributed by atoms with van der Waals surface area (Å²) in [4.78, 5) is 3.57. The molecule has 1 aromatic rings. The van der Waals surface area contributed by atoms with Gasteiger partial charge in [-0.2, -0.15) is 13.2 Å². The predicted molar refractivity (Wildman–Crippen MR) is 62.9 cm³/mol. The summed E-state index contributed by atoms with van der Waals surface area (Å²) >= 11 is 0. The number of ether oxygens (including phenoxy) is 1. The molecule has 10 heteroatoms. The van der Waals surface area contributed by atoms with Gasteiger partial charge in [-0.3, -0.25) is 0 Å². The highest BCUT2D eigenvalue weighted by Gasteiger charge is 2.39. The van der Waals surface area contributed by atoms with Crippen molar-refractivity contribution >= 4 is 25.6 Å². The first-order chi connectivity index (χ1) is 9.21. The molecule has 0 fully saturated rings. The van der Waals surface area contributed by atoms with Crippen molar-refractivity contribution in [3.05, 3.63) is 29.3 Å². The molecule has 0 aromatic heterocycles. The summed E-state index contributed by atoms with van der Waals surface area (Å²) in [5.41, 5.74) is -1.78. The van der Waals surface area contributed by atoms with Gasteiger partial charge in [0.1, 0.15) is 11.5 Å². The van der Waals surface area contributed by atoms with Crippen molar-refractivity contribution in [3.8, 4) is 0 Å². The maximum absolute atomic E-state index is 12.9. The molecule has 0 radical (unpaired) electrons. The molecule has 0 N–H and O–H groups in total. The second kappa shape index (κ2) is 5.13. The van der Waals surface area contributed by atoms with Gasteiger partial charge in [0.15, 0.2) is 6.61 Å². The summed E-state index contributed by atoms with van der Waals surface area (Å²) in [6.45, 7) is 0.155. The van der Waals surface area contributed by atoms with E-state index in [-0.39, 0.29) is 19.1 Å². The van der Waals surface area contributed by atoms with Crippen LogP contribution in [-0.2, 0) is 24.8 Å². The molecule has 0 saturated carbocycles. The fraction of sp³-hybridized carbons (Fsp3) is 0.300. The minimum absolute atomic E-state index is 0.0385. The van der Waals surface area contributed by atoms with Crippen LogP contribution in [0.4, 0.5) is 13.2 Å². The van der Waals surface area contributed by atoms with Crippen molar-refractivity contribution in [2.75, 3.05) is 13.2 Å². The summed E-state index contributed by atoms with van der Waals surface area (Å²) in [6.07, 6.45) is -4.89. The van der Waals surface area contributed by atoms with Crippen LogP contribution in [0.2, 0.25) is 0 Å². The van der Waals surface area contributed by atoms with Gasteiger partial charge in [0.05, 0.1) is 11.1 Å². The van der Waals surface area contributed by atoms with E-state index >= 15 is 0 Å². The van der Waals surface area contributed by atoms with Crippen LogP contribution in [0, 0.1) is 0 Å². The van der Waals surface area contributed by atoms with Gasteiger partial charge < -0.3 is 9.57 Å². The molecule has 1 heterocycles. The van der Waals surface area contributed by atoms with Gasteiger partial charge in [-0.25, -0.2) is 8.42 Å². The quantitative estimate of drug-likeness (QED) is 0.781. The molecular formula is C10H7ClF3NO4S. The molecule has 0 unspecified atom stereocenters. The third kappa shape index (κ3) is 2.98. The molecule has 0 atom stereocenters. The molecule has 2 rings (SSSR count). The SMILES string of the molecule is O=S(=O)(Cl)c1c(C2=NOCCO2)cccc1C(F)(F)F. The lowest BCUT2D eigenvalue weighted by molar-refractivity contribution is -0.139. The lowest BCUT2D eigenvalue weighted by atomic mass is 10.1. The Balaban J connectivity index is 2.73. The van der Waals surface area contributed by atoms with Crippen LogP contribution in [-0.4, -0.2) is 27.5 Å². The Labute approximate surface area is 116 Å². The van der Waals surface area contributed by atoms with Crippen LogP contribution in [0.25, 0.3) is 0 Å². The molecular weight excluding hydrogens is 323 g/mol. The zero-order valence-electron chi connectivity index (χ0n) is 9.65. The number of halogens is 4. The number of oxime groups is 1. The van der Waals surface area contributed by atoms with Crippen molar-refractivity contribution in [2.45, 2.75) is 11.1 Å². The smallest absolute Gasteiger partial charge is 0.417 e. The summed E-state index contributed by atoms with van der Waals surface area (Å²) in [7, 11) is 0.454. The predicted octanol–water partition coefficient (Wildman–Crippen LogP) is 2.34. The lowest BCUT2D eigenvalue weighted by Gasteiger charge is -2.18. The Morgan fingerprint density at radius 3 is 2.45 bits per heavy atom. The number of nitrogens with zero attached hydrogens (tertiary/aromatic N) is 1. The molecule has 0 spiro atoms. The van der Waals surface area contributed by atoms with Crippen molar-refractivity contribution in [3.63, 3.8) is 0 Å². The second-order valence-corrected chi connectivity index (χ2v) is 6.20. The minimum Gasteiger partial charge on any atom is -0.471 e. The largest absolute Gasteiger partial charge is 0.471 e. The van der Waals surface area contributed by atoms with Crippen LogP contribution in [0.3, 0.4) is 0 Å². The van der Waals surface area contributed by atoms with Gasteiger partial charge in [0.2, 0.25) is 0 Å². The summed E-state index contributed by atoms with van der Waals surface area (Å²) in [5, 5.41) is 3.40. The first kappa shape index (κ1) is 14.9. The number of hydrogen-bond donors (Lipinski definition) is 0. The van der Waals surface area contributed by atoms with Crippen molar-refractivity contribution < 1.29 is 31.2 Å². The molecule has 5 nitrogen and oxygen atoms in total. The van der Waals surface area contributed by atoms with E-state index in [2.05, 4.69) is 9.99 Å². The summed E-state index contributed by atoms with van der Waals surface area (Å²) in [6, 6.07) is 2.76. The minimum atomic E-state index is -4.89. The van der Waals surface area contributed by atoms with Gasteiger partial charge in [0.25, 0.3) is 14.9 Å². The fourth-order valence-corrected chi connectivity index (χ4v) is 2.99. The Bertz CT molecular complexity index is 657. The van der Waals surface area contributed by atoms with Crippen molar-refractivity contribution in [1.82, 2.24) is 0 Å². The van der Waals surface area contributed by atoms with E-state index in [1.807, 2.05) is 0 Å². The van der Waals surface area contributed by atoms with E-state index < -0.39 is 31.2 Å². The van der Waals surface area contributed by atoms with Crippen LogP contribution in [0.1, 0.15) is 11.1 Å². The average molecular weight is 330 g/mol. The highest BCUT2D eigenvalue weighted by Crippen LogP contribution is 2.37. The number of hydrogen-bond acceptors (Lipinski definition) is 5. The van der Waals surface area contributed by atoms with E-state index in [0.29, 0.717) is 6.07 Å². The zero-order valence-corrected chi connectivity index (χ0v) is 11.2. The van der Waals surface area contributed by atoms with E-state index in [1.165, 1.54) is 0 Å². The van der Waals surface area contributed by atoms with Crippen molar-refractivity contribution in [2.24, 2.45) is 5.16 Å². The van der Waals surface area contributed by atoms with Gasteiger partial charge in [0, 0.05) is 10.7 Å². The van der Waals surface area contributed by atoms with Crippen LogP contribution >= 0.6 is 10.7 Å². The standard InChI is InChI=1S/C10H7ClF3NO4S/c11-20(16,17)8-6(9-15-19-5-4-18-9)2-1-3-7(8)10(12,13)14/h1-3H,4-5H2. The highest BCUT2D eigenvalue weighted by atomic mass is 35.7. The maximum Gasteiger partial charge on any atom is 0.417 e. The first-order valence-electron chi connectivity index (χ1n) is 5.19. The summed E-state index contributed by atoms with van der Waals surface area (Å²) < 4.78 is 66.6. The third-order valence-electron chi connectivity index (χ3n) is 2.36. The lowest BCUT2D eigenvalue weighted by Crippen LogP contribution is -2.21. The van der Waals surface area contributed by atoms with E-state index in [9.17, 15) is 21.6 Å². The molecule has 1 aliphatic rings. The van der Waals surface area contributed by atoms with Crippen LogP contribution in [0.5, 0.6) is 0 Å². The average Bonchev–Trinajstić information content (AvgIpc) is 2.37. The molecule has 0 amide bonds. The van der Waals surface area contributed by atoms with Crippen LogP contribution < -0.4 is 0 Å². The molecule has 0 aliphatic carbocycles. The van der Waals surface area contributed by atoms with Crippen molar-refractivity contribution in [1.29, 1.82) is 0 Å². The molecule has 110 valence electrons. The van der Waals surface area contributed by atoms with Gasteiger partial charge in [-0.15, -0.1) is 0 Å². The number of alkyl halides is 3. The van der Waals surface area contributed by atoms with E-state index in [4.69, 9.17) is 15.4 Å². The Morgan fingerprint density at radius 1 is 1.25 bits per heavy atom. The normalized spacial score (nSPS) is 16.1.